The fourth-order valence-corrected chi connectivity index (χ4v) is 3.10. The van der Waals surface area contributed by atoms with Gasteiger partial charge in [-0.1, -0.05) is 6.07 Å². The molecule has 1 aliphatic heterocycles. The number of aliphatic imine (C=N–C) groups is 1. The van der Waals surface area contributed by atoms with Gasteiger partial charge in [0, 0.05) is 31.7 Å². The molecule has 164 valence electrons. The monoisotopic (exact) mass is 414 g/mol. The standard InChI is InChI=1S/C20H32F2N4O3/c1-5-23-19(25-14-20(2,3)26-8-10-28-11-9-26)24-13-15-6-7-16(27-4)17(12-15)29-18(21)22/h6-7,12,18H,5,8-11,13-14H2,1-4H3,(H2,23,24,25). The third-order valence-corrected chi connectivity index (χ3v) is 4.76. The Hall–Kier alpha value is -2.13. The van der Waals surface area contributed by atoms with Crippen LogP contribution < -0.4 is 20.1 Å². The minimum atomic E-state index is -2.91. The molecule has 0 saturated carbocycles. The lowest BCUT2D eigenvalue weighted by Gasteiger charge is -2.41. The summed E-state index contributed by atoms with van der Waals surface area (Å²) in [6.45, 7) is 8.50. The average Bonchev–Trinajstić information content (AvgIpc) is 2.70. The summed E-state index contributed by atoms with van der Waals surface area (Å²) < 4.78 is 40.3. The molecule has 0 bridgehead atoms. The van der Waals surface area contributed by atoms with Crippen LogP contribution in [0.25, 0.3) is 0 Å². The van der Waals surface area contributed by atoms with Crippen molar-refractivity contribution in [3.05, 3.63) is 23.8 Å². The highest BCUT2D eigenvalue weighted by molar-refractivity contribution is 5.79. The number of guanidine groups is 1. The lowest BCUT2D eigenvalue weighted by atomic mass is 10.0. The van der Waals surface area contributed by atoms with E-state index in [2.05, 4.69) is 39.1 Å². The van der Waals surface area contributed by atoms with E-state index in [1.54, 1.807) is 12.1 Å². The van der Waals surface area contributed by atoms with Gasteiger partial charge in [0.1, 0.15) is 0 Å². The molecular weight excluding hydrogens is 382 g/mol. The van der Waals surface area contributed by atoms with Crippen molar-refractivity contribution in [2.24, 2.45) is 4.99 Å². The molecule has 0 unspecified atom stereocenters. The number of hydrogen-bond acceptors (Lipinski definition) is 5. The van der Waals surface area contributed by atoms with Crippen LogP contribution in [-0.4, -0.2) is 69.5 Å². The Morgan fingerprint density at radius 1 is 1.24 bits per heavy atom. The second kappa shape index (κ2) is 11.2. The molecule has 0 aromatic heterocycles. The number of morpholine rings is 1. The predicted molar refractivity (Wildman–Crippen MR) is 109 cm³/mol. The van der Waals surface area contributed by atoms with Crippen LogP contribution in [0.15, 0.2) is 23.2 Å². The molecule has 0 aliphatic carbocycles. The van der Waals surface area contributed by atoms with Gasteiger partial charge in [0.05, 0.1) is 26.9 Å². The highest BCUT2D eigenvalue weighted by Gasteiger charge is 2.28. The van der Waals surface area contributed by atoms with Crippen molar-refractivity contribution in [1.82, 2.24) is 15.5 Å². The van der Waals surface area contributed by atoms with Crippen molar-refractivity contribution < 1.29 is 23.0 Å². The first-order chi connectivity index (χ1) is 13.9. The highest BCUT2D eigenvalue weighted by atomic mass is 19.3. The van der Waals surface area contributed by atoms with E-state index in [9.17, 15) is 8.78 Å². The van der Waals surface area contributed by atoms with Gasteiger partial charge in [-0.15, -0.1) is 0 Å². The van der Waals surface area contributed by atoms with E-state index in [-0.39, 0.29) is 17.0 Å². The highest BCUT2D eigenvalue weighted by Crippen LogP contribution is 2.29. The molecule has 9 heteroatoms. The number of benzene rings is 1. The number of alkyl halides is 2. The van der Waals surface area contributed by atoms with Gasteiger partial charge in [-0.25, -0.2) is 4.99 Å². The SMILES string of the molecule is CCNC(=NCc1ccc(OC)c(OC(F)F)c1)NCC(C)(C)N1CCOCC1. The molecule has 1 fully saturated rings. The zero-order valence-electron chi connectivity index (χ0n) is 17.6. The van der Waals surface area contributed by atoms with Gasteiger partial charge >= 0.3 is 6.61 Å². The van der Waals surface area contributed by atoms with Gasteiger partial charge in [-0.2, -0.15) is 8.78 Å². The summed E-state index contributed by atoms with van der Waals surface area (Å²) in [6.07, 6.45) is 0. The smallest absolute Gasteiger partial charge is 0.387 e. The Labute approximate surface area is 171 Å². The van der Waals surface area contributed by atoms with Crippen LogP contribution in [0, 0.1) is 0 Å². The van der Waals surface area contributed by atoms with E-state index in [1.165, 1.54) is 13.2 Å². The van der Waals surface area contributed by atoms with E-state index in [1.807, 2.05) is 6.92 Å². The van der Waals surface area contributed by atoms with E-state index in [0.717, 1.165) is 31.9 Å². The number of ether oxygens (including phenoxy) is 3. The molecule has 29 heavy (non-hydrogen) atoms. The topological polar surface area (TPSA) is 67.4 Å². The molecule has 1 aliphatic rings. The average molecular weight is 414 g/mol. The predicted octanol–water partition coefficient (Wildman–Crippen LogP) is 2.46. The number of hydrogen-bond donors (Lipinski definition) is 2. The summed E-state index contributed by atoms with van der Waals surface area (Å²) in [7, 11) is 1.41. The second-order valence-electron chi connectivity index (χ2n) is 7.32. The normalized spacial score (nSPS) is 16.0. The van der Waals surface area contributed by atoms with Crippen molar-refractivity contribution in [3.8, 4) is 11.5 Å². The molecule has 0 atom stereocenters. The van der Waals surface area contributed by atoms with Gasteiger partial charge in [-0.3, -0.25) is 4.90 Å². The number of halogens is 2. The van der Waals surface area contributed by atoms with Crippen LogP contribution in [0.3, 0.4) is 0 Å². The quantitative estimate of drug-likeness (QED) is 0.478. The summed E-state index contributed by atoms with van der Waals surface area (Å²) in [5.74, 6) is 0.929. The van der Waals surface area contributed by atoms with Crippen molar-refractivity contribution in [2.45, 2.75) is 39.5 Å². The minimum absolute atomic E-state index is 0.00149. The van der Waals surface area contributed by atoms with E-state index >= 15 is 0 Å². The Balaban J connectivity index is 2.02. The van der Waals surface area contributed by atoms with Crippen molar-refractivity contribution in [1.29, 1.82) is 0 Å². The Morgan fingerprint density at radius 3 is 2.59 bits per heavy atom. The van der Waals surface area contributed by atoms with Crippen LogP contribution in [-0.2, 0) is 11.3 Å². The summed E-state index contributed by atoms with van der Waals surface area (Å²) in [5.41, 5.74) is 0.685. The number of nitrogens with one attached hydrogen (secondary N) is 2. The maximum atomic E-state index is 12.6. The van der Waals surface area contributed by atoms with Crippen LogP contribution >= 0.6 is 0 Å². The summed E-state index contributed by atoms with van der Waals surface area (Å²) in [4.78, 5) is 6.97. The van der Waals surface area contributed by atoms with E-state index in [4.69, 9.17) is 9.47 Å². The van der Waals surface area contributed by atoms with Crippen molar-refractivity contribution >= 4 is 5.96 Å². The zero-order chi connectivity index (χ0) is 21.3. The third-order valence-electron chi connectivity index (χ3n) is 4.76. The number of rotatable bonds is 9. The zero-order valence-corrected chi connectivity index (χ0v) is 17.6. The van der Waals surface area contributed by atoms with Crippen LogP contribution in [0.2, 0.25) is 0 Å². The van der Waals surface area contributed by atoms with Crippen LogP contribution in [0.4, 0.5) is 8.78 Å². The Morgan fingerprint density at radius 2 is 1.97 bits per heavy atom. The van der Waals surface area contributed by atoms with Gasteiger partial charge in [0.15, 0.2) is 17.5 Å². The molecule has 1 saturated heterocycles. The maximum Gasteiger partial charge on any atom is 0.387 e. The van der Waals surface area contributed by atoms with Gasteiger partial charge in [-0.05, 0) is 38.5 Å². The molecule has 1 aromatic carbocycles. The van der Waals surface area contributed by atoms with Gasteiger partial charge in [0.25, 0.3) is 0 Å². The first-order valence-corrected chi connectivity index (χ1v) is 9.82. The van der Waals surface area contributed by atoms with Crippen molar-refractivity contribution in [3.63, 3.8) is 0 Å². The molecule has 0 amide bonds. The first-order valence-electron chi connectivity index (χ1n) is 9.82. The van der Waals surface area contributed by atoms with Gasteiger partial charge < -0.3 is 24.8 Å². The lowest BCUT2D eigenvalue weighted by molar-refractivity contribution is -0.0512. The molecule has 2 rings (SSSR count). The summed E-state index contributed by atoms with van der Waals surface area (Å²) in [6, 6.07) is 4.90. The third kappa shape index (κ3) is 7.32. The minimum Gasteiger partial charge on any atom is -0.493 e. The van der Waals surface area contributed by atoms with Crippen LogP contribution in [0.5, 0.6) is 11.5 Å². The summed E-state index contributed by atoms with van der Waals surface area (Å²) >= 11 is 0. The number of nitrogens with zero attached hydrogens (tertiary/aromatic N) is 2. The summed E-state index contributed by atoms with van der Waals surface area (Å²) in [5, 5.41) is 6.60. The molecule has 2 N–H and O–H groups in total. The molecule has 7 nitrogen and oxygen atoms in total. The van der Waals surface area contributed by atoms with Gasteiger partial charge in [0.2, 0.25) is 0 Å². The largest absolute Gasteiger partial charge is 0.493 e. The molecule has 0 spiro atoms. The molecule has 1 aromatic rings. The van der Waals surface area contributed by atoms with E-state index < -0.39 is 6.61 Å². The Kier molecular flexibility index (Phi) is 8.91. The lowest BCUT2D eigenvalue weighted by Crippen LogP contribution is -2.56. The maximum absolute atomic E-state index is 12.6. The molecule has 0 radical (unpaired) electrons. The number of methoxy groups -OCH3 is 1. The van der Waals surface area contributed by atoms with Crippen molar-refractivity contribution in [2.75, 3.05) is 46.5 Å². The fourth-order valence-electron chi connectivity index (χ4n) is 3.10. The fraction of sp³-hybridized carbons (Fsp3) is 0.650. The van der Waals surface area contributed by atoms with Crippen LogP contribution in [0.1, 0.15) is 26.3 Å². The second-order valence-corrected chi connectivity index (χ2v) is 7.32. The van der Waals surface area contributed by atoms with E-state index in [0.29, 0.717) is 25.6 Å². The Bertz CT molecular complexity index is 665. The molecular formula is C20H32F2N4O3. The molecule has 1 heterocycles. The first kappa shape index (κ1) is 23.2.